The summed E-state index contributed by atoms with van der Waals surface area (Å²) in [5.74, 6) is 0.523. The van der Waals surface area contributed by atoms with Crippen LogP contribution < -0.4 is 5.32 Å². The summed E-state index contributed by atoms with van der Waals surface area (Å²) in [5, 5.41) is 3.81. The Morgan fingerprint density at radius 2 is 2.03 bits per heavy atom. The number of aromatic nitrogens is 2. The number of carbonyl (C=O) groups excluding carboxylic acids is 1. The minimum atomic E-state index is 0.0148. The van der Waals surface area contributed by atoms with E-state index in [1.54, 1.807) is 20.4 Å². The lowest BCUT2D eigenvalue weighted by molar-refractivity contribution is 0.0903. The van der Waals surface area contributed by atoms with Crippen LogP contribution in [0.25, 0.3) is 11.3 Å². The maximum absolute atomic E-state index is 12.1. The van der Waals surface area contributed by atoms with Crippen molar-refractivity contribution >= 4 is 23.8 Å². The lowest BCUT2D eigenvalue weighted by Gasteiger charge is -2.29. The molecule has 1 unspecified atom stereocenters. The molecule has 1 aromatic carbocycles. The fourth-order valence-electron chi connectivity index (χ4n) is 4.03. The molecule has 2 aromatic rings. The molecule has 0 amide bonds. The lowest BCUT2D eigenvalue weighted by atomic mass is 9.94. The smallest absolute Gasteiger partial charge is 0.223 e. The number of rotatable bonds is 12. The first-order chi connectivity index (χ1) is 16.1. The van der Waals surface area contributed by atoms with Crippen LogP contribution >= 0.6 is 11.6 Å². The highest BCUT2D eigenvalue weighted by Crippen LogP contribution is 2.32. The van der Waals surface area contributed by atoms with Gasteiger partial charge in [0.05, 0.1) is 23.5 Å². The summed E-state index contributed by atoms with van der Waals surface area (Å²) in [5.41, 5.74) is 2.91. The summed E-state index contributed by atoms with van der Waals surface area (Å²) < 4.78 is 16.0. The fourth-order valence-corrected chi connectivity index (χ4v) is 4.23. The van der Waals surface area contributed by atoms with Crippen LogP contribution in [-0.4, -0.2) is 81.4 Å². The number of aldehydes is 1. The number of hydrogen-bond donors (Lipinski definition) is 1. The zero-order valence-corrected chi connectivity index (χ0v) is 20.3. The van der Waals surface area contributed by atoms with Crippen molar-refractivity contribution in [3.05, 3.63) is 40.5 Å². The van der Waals surface area contributed by atoms with Crippen molar-refractivity contribution < 1.29 is 19.0 Å². The number of anilines is 1. The van der Waals surface area contributed by atoms with Crippen molar-refractivity contribution in [1.29, 1.82) is 0 Å². The van der Waals surface area contributed by atoms with Gasteiger partial charge in [0.1, 0.15) is 6.29 Å². The number of benzene rings is 1. The van der Waals surface area contributed by atoms with Crippen molar-refractivity contribution in [1.82, 2.24) is 14.9 Å². The van der Waals surface area contributed by atoms with Crippen LogP contribution in [0.15, 0.2) is 24.4 Å². The van der Waals surface area contributed by atoms with Gasteiger partial charge in [-0.25, -0.2) is 9.97 Å². The highest BCUT2D eigenvalue weighted by atomic mass is 35.5. The van der Waals surface area contributed by atoms with Crippen LogP contribution in [0.5, 0.6) is 0 Å². The van der Waals surface area contributed by atoms with E-state index < -0.39 is 0 Å². The van der Waals surface area contributed by atoms with Gasteiger partial charge in [-0.05, 0) is 37.9 Å². The quantitative estimate of drug-likeness (QED) is 0.462. The molecule has 3 rings (SSSR count). The average molecular weight is 477 g/mol. The average Bonchev–Trinajstić information content (AvgIpc) is 2.84. The number of likely N-dealkylation sites (N-methyl/N-ethyl adjacent to an activating group) is 1. The minimum absolute atomic E-state index is 0.0148. The third kappa shape index (κ3) is 6.94. The van der Waals surface area contributed by atoms with Gasteiger partial charge >= 0.3 is 0 Å². The molecular weight excluding hydrogens is 444 g/mol. The van der Waals surface area contributed by atoms with E-state index in [1.165, 1.54) is 0 Å². The second kappa shape index (κ2) is 13.0. The van der Waals surface area contributed by atoms with Gasteiger partial charge in [0, 0.05) is 63.8 Å². The van der Waals surface area contributed by atoms with Crippen LogP contribution in [-0.2, 0) is 14.2 Å². The first-order valence-corrected chi connectivity index (χ1v) is 11.6. The highest BCUT2D eigenvalue weighted by molar-refractivity contribution is 6.32. The number of carbonyl (C=O) groups is 1. The van der Waals surface area contributed by atoms with E-state index in [9.17, 15) is 4.79 Å². The van der Waals surface area contributed by atoms with Crippen molar-refractivity contribution in [3.63, 3.8) is 0 Å². The normalized spacial score (nSPS) is 15.5. The van der Waals surface area contributed by atoms with Crippen LogP contribution in [0.3, 0.4) is 0 Å². The molecule has 33 heavy (non-hydrogen) atoms. The highest BCUT2D eigenvalue weighted by Gasteiger charge is 2.21. The van der Waals surface area contributed by atoms with Gasteiger partial charge in [0.15, 0.2) is 0 Å². The summed E-state index contributed by atoms with van der Waals surface area (Å²) in [6.45, 7) is 3.38. The Kier molecular flexibility index (Phi) is 10.0. The lowest BCUT2D eigenvalue weighted by Crippen LogP contribution is -2.29. The molecule has 0 aliphatic carbocycles. The Balaban J connectivity index is 1.88. The molecule has 1 N–H and O–H groups in total. The first kappa shape index (κ1) is 25.5. The van der Waals surface area contributed by atoms with Gasteiger partial charge in [-0.1, -0.05) is 23.7 Å². The van der Waals surface area contributed by atoms with E-state index in [2.05, 4.69) is 20.2 Å². The predicted molar refractivity (Wildman–Crippen MR) is 129 cm³/mol. The zero-order chi connectivity index (χ0) is 23.6. The molecule has 1 aromatic heterocycles. The molecule has 180 valence electrons. The standard InChI is InChI=1S/C24H33ClN4O4/c1-29(9-13-32-3)22(8-10-31-2)20-5-4-17(14-18(20)16-30)23-21(25)15-26-24(28-23)27-19-6-11-33-12-7-19/h4-5,14-16,19,22H,6-13H2,1-3H3,(H,26,27,28). The molecule has 1 atom stereocenters. The third-order valence-electron chi connectivity index (χ3n) is 5.92. The van der Waals surface area contributed by atoms with Gasteiger partial charge in [0.25, 0.3) is 0 Å². The van der Waals surface area contributed by atoms with Gasteiger partial charge in [0.2, 0.25) is 5.95 Å². The van der Waals surface area contributed by atoms with Gasteiger partial charge in [-0.2, -0.15) is 0 Å². The Morgan fingerprint density at radius 3 is 2.73 bits per heavy atom. The number of nitrogens with zero attached hydrogens (tertiary/aromatic N) is 3. The van der Waals surface area contributed by atoms with E-state index in [0.717, 1.165) is 56.4 Å². The Morgan fingerprint density at radius 1 is 1.27 bits per heavy atom. The topological polar surface area (TPSA) is 85.8 Å². The maximum atomic E-state index is 12.1. The van der Waals surface area contributed by atoms with Crippen molar-refractivity contribution in [3.8, 4) is 11.3 Å². The second-order valence-corrected chi connectivity index (χ2v) is 8.56. The van der Waals surface area contributed by atoms with Crippen LogP contribution in [0, 0.1) is 0 Å². The molecule has 0 spiro atoms. The van der Waals surface area contributed by atoms with E-state index in [1.807, 2.05) is 25.2 Å². The van der Waals surface area contributed by atoms with E-state index in [4.69, 9.17) is 25.8 Å². The van der Waals surface area contributed by atoms with Gasteiger partial charge in [-0.3, -0.25) is 9.69 Å². The number of nitrogens with one attached hydrogen (secondary N) is 1. The SMILES string of the molecule is COCCC(c1ccc(-c2nc(NC3CCOCC3)ncc2Cl)cc1C=O)N(C)CCOC. The van der Waals surface area contributed by atoms with Crippen LogP contribution in [0.2, 0.25) is 5.02 Å². The number of hydrogen-bond acceptors (Lipinski definition) is 8. The van der Waals surface area contributed by atoms with E-state index in [-0.39, 0.29) is 12.1 Å². The molecule has 8 nitrogen and oxygen atoms in total. The Labute approximate surface area is 200 Å². The molecule has 0 radical (unpaired) electrons. The molecule has 2 heterocycles. The second-order valence-electron chi connectivity index (χ2n) is 8.15. The molecule has 1 saturated heterocycles. The minimum Gasteiger partial charge on any atom is -0.385 e. The molecule has 9 heteroatoms. The van der Waals surface area contributed by atoms with Gasteiger partial charge in [-0.15, -0.1) is 0 Å². The van der Waals surface area contributed by atoms with Crippen molar-refractivity contribution in [2.45, 2.75) is 31.3 Å². The Bertz CT molecular complexity index is 908. The third-order valence-corrected chi connectivity index (χ3v) is 6.20. The monoisotopic (exact) mass is 476 g/mol. The number of methoxy groups -OCH3 is 2. The summed E-state index contributed by atoms with van der Waals surface area (Å²) in [6.07, 6.45) is 5.05. The van der Waals surface area contributed by atoms with Gasteiger partial charge < -0.3 is 19.5 Å². The molecule has 1 fully saturated rings. The molecule has 0 bridgehead atoms. The summed E-state index contributed by atoms with van der Waals surface area (Å²) in [7, 11) is 5.39. The summed E-state index contributed by atoms with van der Waals surface area (Å²) in [6, 6.07) is 6.07. The molecule has 1 aliphatic heterocycles. The summed E-state index contributed by atoms with van der Waals surface area (Å²) in [4.78, 5) is 23.2. The van der Waals surface area contributed by atoms with Crippen molar-refractivity contribution in [2.24, 2.45) is 0 Å². The first-order valence-electron chi connectivity index (χ1n) is 11.2. The molecule has 1 aliphatic rings. The maximum Gasteiger partial charge on any atom is 0.223 e. The van der Waals surface area contributed by atoms with Crippen molar-refractivity contribution in [2.75, 3.05) is 59.6 Å². The number of ether oxygens (including phenoxy) is 3. The van der Waals surface area contributed by atoms with E-state index >= 15 is 0 Å². The molecular formula is C24H33ClN4O4. The van der Waals surface area contributed by atoms with Crippen LogP contribution in [0.4, 0.5) is 5.95 Å². The zero-order valence-electron chi connectivity index (χ0n) is 19.6. The fraction of sp³-hybridized carbons (Fsp3) is 0.542. The molecule has 0 saturated carbocycles. The van der Waals surface area contributed by atoms with E-state index in [0.29, 0.717) is 35.4 Å². The largest absolute Gasteiger partial charge is 0.385 e. The van der Waals surface area contributed by atoms with Crippen LogP contribution in [0.1, 0.15) is 41.2 Å². The Hall–Kier alpha value is -2.10. The number of halogens is 1. The predicted octanol–water partition coefficient (Wildman–Crippen LogP) is 3.86. The summed E-state index contributed by atoms with van der Waals surface area (Å²) >= 11 is 6.45.